The molecule has 4 N–H and O–H groups in total. The molecule has 4 amide bonds. The summed E-state index contributed by atoms with van der Waals surface area (Å²) < 4.78 is 5.79. The Morgan fingerprint density at radius 1 is 1.27 bits per heavy atom. The molecule has 4 atom stereocenters. The standard InChI is InChI=1S/C27H42N4O6/c1-6-7-12-29-25(35)18(2)13-21(33)19(30-17-32)14-27(3,4)15-24(34)31-16-23(26(36)28-5)37-22-11-9-8-10-20(22)31/h8-11,17-19,21,23,33H,6-7,12-16H2,1-5H3,(H,28,36)(H,29,35)(H,30,32)/t18-,19+,21+,23?/m1/s1. The lowest BCUT2D eigenvalue weighted by molar-refractivity contribution is -0.128. The predicted molar refractivity (Wildman–Crippen MR) is 141 cm³/mol. The second kappa shape index (κ2) is 14.0. The van der Waals surface area contributed by atoms with Crippen LogP contribution in [0.25, 0.3) is 0 Å². The molecular weight excluding hydrogens is 476 g/mol. The molecule has 2 rings (SSSR count). The van der Waals surface area contributed by atoms with Gasteiger partial charge in [-0.3, -0.25) is 19.2 Å². The van der Waals surface area contributed by atoms with E-state index in [4.69, 9.17) is 4.74 Å². The van der Waals surface area contributed by atoms with Crippen molar-refractivity contribution in [3.05, 3.63) is 24.3 Å². The van der Waals surface area contributed by atoms with Crippen molar-refractivity contribution in [3.8, 4) is 5.75 Å². The van der Waals surface area contributed by atoms with Crippen molar-refractivity contribution >= 4 is 29.8 Å². The smallest absolute Gasteiger partial charge is 0.262 e. The zero-order valence-electron chi connectivity index (χ0n) is 22.6. The van der Waals surface area contributed by atoms with Crippen molar-refractivity contribution in [1.29, 1.82) is 0 Å². The highest BCUT2D eigenvalue weighted by atomic mass is 16.5. The van der Waals surface area contributed by atoms with Crippen molar-refractivity contribution in [1.82, 2.24) is 16.0 Å². The number of benzene rings is 1. The number of carbonyl (C=O) groups excluding carboxylic acids is 4. The molecule has 0 aliphatic carbocycles. The lowest BCUT2D eigenvalue weighted by atomic mass is 9.79. The summed E-state index contributed by atoms with van der Waals surface area (Å²) in [5.41, 5.74) is -0.0184. The fraction of sp³-hybridized carbons (Fsp3) is 0.630. The number of aliphatic hydroxyl groups is 1. The summed E-state index contributed by atoms with van der Waals surface area (Å²) in [5, 5.41) is 19.0. The van der Waals surface area contributed by atoms with Crippen LogP contribution in [0.4, 0.5) is 5.69 Å². The largest absolute Gasteiger partial charge is 0.477 e. The van der Waals surface area contributed by atoms with Gasteiger partial charge in [0.25, 0.3) is 5.91 Å². The summed E-state index contributed by atoms with van der Waals surface area (Å²) in [6.45, 7) is 8.23. The predicted octanol–water partition coefficient (Wildman–Crippen LogP) is 1.75. The fourth-order valence-corrected chi connectivity index (χ4v) is 4.53. The molecule has 1 unspecified atom stereocenters. The van der Waals surface area contributed by atoms with E-state index in [-0.39, 0.29) is 37.1 Å². The van der Waals surface area contributed by atoms with E-state index in [0.29, 0.717) is 30.8 Å². The number of para-hydroxylation sites is 2. The van der Waals surface area contributed by atoms with Crippen molar-refractivity contribution in [3.63, 3.8) is 0 Å². The van der Waals surface area contributed by atoms with E-state index >= 15 is 0 Å². The SMILES string of the molecule is CCCCNC(=O)[C@H](C)C[C@H](O)[C@H](CC(C)(C)CC(=O)N1CC(C(=O)NC)Oc2ccccc21)NC=O. The molecular formula is C27H42N4O6. The molecule has 0 saturated carbocycles. The van der Waals surface area contributed by atoms with Crippen LogP contribution in [0.1, 0.15) is 59.8 Å². The molecule has 0 bridgehead atoms. The van der Waals surface area contributed by atoms with E-state index in [1.807, 2.05) is 20.8 Å². The van der Waals surface area contributed by atoms with Crippen LogP contribution >= 0.6 is 0 Å². The molecule has 37 heavy (non-hydrogen) atoms. The molecule has 10 nitrogen and oxygen atoms in total. The summed E-state index contributed by atoms with van der Waals surface area (Å²) in [6, 6.07) is 6.43. The lowest BCUT2D eigenvalue weighted by Gasteiger charge is -2.37. The van der Waals surface area contributed by atoms with Gasteiger partial charge in [0.15, 0.2) is 6.10 Å². The highest BCUT2D eigenvalue weighted by Gasteiger charge is 2.37. The molecule has 0 aromatic heterocycles. The highest BCUT2D eigenvalue weighted by Crippen LogP contribution is 2.36. The first-order chi connectivity index (χ1) is 17.5. The number of hydrogen-bond acceptors (Lipinski definition) is 6. The molecule has 1 heterocycles. The maximum absolute atomic E-state index is 13.5. The molecule has 1 aromatic carbocycles. The minimum atomic E-state index is -0.965. The maximum atomic E-state index is 13.5. The molecule has 0 radical (unpaired) electrons. The van der Waals surface area contributed by atoms with Crippen molar-refractivity contribution in [2.75, 3.05) is 25.0 Å². The molecule has 0 spiro atoms. The summed E-state index contributed by atoms with van der Waals surface area (Å²) in [7, 11) is 1.52. The van der Waals surface area contributed by atoms with E-state index in [2.05, 4.69) is 16.0 Å². The number of aliphatic hydroxyl groups excluding tert-OH is 1. The number of fused-ring (bicyclic) bond motifs is 1. The Kier molecular flexibility index (Phi) is 11.4. The first-order valence-corrected chi connectivity index (χ1v) is 13.0. The van der Waals surface area contributed by atoms with Gasteiger partial charge in [-0.15, -0.1) is 0 Å². The summed E-state index contributed by atoms with van der Waals surface area (Å²) in [5.74, 6) is -0.631. The number of ether oxygens (including phenoxy) is 1. The highest BCUT2D eigenvalue weighted by molar-refractivity contribution is 5.97. The Hall–Kier alpha value is -3.14. The fourth-order valence-electron chi connectivity index (χ4n) is 4.53. The zero-order valence-corrected chi connectivity index (χ0v) is 22.6. The average molecular weight is 519 g/mol. The van der Waals surface area contributed by atoms with Gasteiger partial charge in [0.05, 0.1) is 24.4 Å². The van der Waals surface area contributed by atoms with Crippen LogP contribution in [0.15, 0.2) is 24.3 Å². The van der Waals surface area contributed by atoms with Gasteiger partial charge in [0.1, 0.15) is 5.75 Å². The number of rotatable bonds is 14. The number of nitrogens with one attached hydrogen (secondary N) is 3. The molecule has 1 aliphatic rings. The number of amides is 4. The minimum absolute atomic E-state index is 0.0783. The number of likely N-dealkylation sites (N-methyl/N-ethyl adjacent to an activating group) is 1. The number of carbonyl (C=O) groups is 4. The first kappa shape index (κ1) is 30.1. The van der Waals surface area contributed by atoms with E-state index in [1.165, 1.54) is 7.05 Å². The summed E-state index contributed by atoms with van der Waals surface area (Å²) in [6.07, 6.45) is 1.19. The number of unbranched alkanes of at least 4 members (excludes halogenated alkanes) is 1. The summed E-state index contributed by atoms with van der Waals surface area (Å²) >= 11 is 0. The normalized spacial score (nSPS) is 17.5. The topological polar surface area (TPSA) is 137 Å². The van der Waals surface area contributed by atoms with E-state index in [0.717, 1.165) is 12.8 Å². The molecule has 10 heteroatoms. The second-order valence-electron chi connectivity index (χ2n) is 10.5. The van der Waals surface area contributed by atoms with Gasteiger partial charge in [-0.1, -0.05) is 46.2 Å². The van der Waals surface area contributed by atoms with Gasteiger partial charge in [0.2, 0.25) is 18.2 Å². The average Bonchev–Trinajstić information content (AvgIpc) is 2.86. The van der Waals surface area contributed by atoms with Gasteiger partial charge in [-0.25, -0.2) is 0 Å². The van der Waals surface area contributed by atoms with Crippen LogP contribution in [0.2, 0.25) is 0 Å². The molecule has 1 aliphatic heterocycles. The van der Waals surface area contributed by atoms with Crippen LogP contribution < -0.4 is 25.6 Å². The van der Waals surface area contributed by atoms with E-state index < -0.39 is 29.6 Å². The first-order valence-electron chi connectivity index (χ1n) is 13.0. The third-order valence-corrected chi connectivity index (χ3v) is 6.63. The van der Waals surface area contributed by atoms with Crippen LogP contribution in [-0.2, 0) is 19.2 Å². The molecule has 1 aromatic rings. The van der Waals surface area contributed by atoms with Gasteiger partial charge >= 0.3 is 0 Å². The quantitative estimate of drug-likeness (QED) is 0.219. The zero-order chi connectivity index (χ0) is 27.6. The third-order valence-electron chi connectivity index (χ3n) is 6.63. The number of hydrogen-bond donors (Lipinski definition) is 4. The lowest BCUT2D eigenvalue weighted by Crippen LogP contribution is -2.51. The van der Waals surface area contributed by atoms with Gasteiger partial charge in [-0.05, 0) is 36.8 Å². The Labute approximate surface area is 219 Å². The van der Waals surface area contributed by atoms with Crippen LogP contribution in [0, 0.1) is 11.3 Å². The third kappa shape index (κ3) is 8.73. The Balaban J connectivity index is 2.08. The van der Waals surface area contributed by atoms with Crippen LogP contribution in [0.5, 0.6) is 5.75 Å². The Bertz CT molecular complexity index is 937. The molecule has 206 valence electrons. The maximum Gasteiger partial charge on any atom is 0.262 e. The Morgan fingerprint density at radius 2 is 1.97 bits per heavy atom. The molecule has 0 fully saturated rings. The van der Waals surface area contributed by atoms with Crippen LogP contribution in [0.3, 0.4) is 0 Å². The van der Waals surface area contributed by atoms with Gasteiger partial charge in [0, 0.05) is 25.9 Å². The van der Waals surface area contributed by atoms with Crippen molar-refractivity contribution in [2.45, 2.75) is 78.0 Å². The van der Waals surface area contributed by atoms with Gasteiger partial charge in [-0.2, -0.15) is 0 Å². The monoisotopic (exact) mass is 518 g/mol. The van der Waals surface area contributed by atoms with Crippen molar-refractivity contribution in [2.24, 2.45) is 11.3 Å². The number of anilines is 1. The Morgan fingerprint density at radius 3 is 2.62 bits per heavy atom. The van der Waals surface area contributed by atoms with Crippen molar-refractivity contribution < 1.29 is 29.0 Å². The van der Waals surface area contributed by atoms with Gasteiger partial charge < -0.3 is 30.7 Å². The summed E-state index contributed by atoms with van der Waals surface area (Å²) in [4.78, 5) is 50.9. The van der Waals surface area contributed by atoms with E-state index in [1.54, 1.807) is 36.1 Å². The molecule has 0 saturated heterocycles. The number of nitrogens with zero attached hydrogens (tertiary/aromatic N) is 1. The minimum Gasteiger partial charge on any atom is -0.477 e. The van der Waals surface area contributed by atoms with Crippen LogP contribution in [-0.4, -0.2) is 67.6 Å². The second-order valence-corrected chi connectivity index (χ2v) is 10.5. The van der Waals surface area contributed by atoms with E-state index in [9.17, 15) is 24.3 Å².